The fraction of sp³-hybridized carbons (Fsp3) is 0.167. The van der Waals surface area contributed by atoms with Gasteiger partial charge in [0.1, 0.15) is 0 Å². The quantitative estimate of drug-likeness (QED) is 0.742. The molecule has 3 rings (SSSR count). The largest absolute Gasteiger partial charge is 0.379 e. The molecule has 0 unspecified atom stereocenters. The molecule has 3 aromatic rings. The Morgan fingerprint density at radius 3 is 2.52 bits per heavy atom. The maximum absolute atomic E-state index is 4.33. The van der Waals surface area contributed by atoms with Crippen molar-refractivity contribution in [3.8, 4) is 0 Å². The van der Waals surface area contributed by atoms with E-state index >= 15 is 0 Å². The van der Waals surface area contributed by atoms with Gasteiger partial charge in [0.15, 0.2) is 0 Å². The molecule has 21 heavy (non-hydrogen) atoms. The van der Waals surface area contributed by atoms with Gasteiger partial charge in [0.05, 0.1) is 18.6 Å². The van der Waals surface area contributed by atoms with E-state index in [1.165, 1.54) is 16.8 Å². The van der Waals surface area contributed by atoms with Gasteiger partial charge < -0.3 is 10.3 Å². The highest BCUT2D eigenvalue weighted by Gasteiger charge is 2.05. The van der Waals surface area contributed by atoms with E-state index < -0.39 is 0 Å². The highest BCUT2D eigenvalue weighted by molar-refractivity contribution is 5.53. The summed E-state index contributed by atoms with van der Waals surface area (Å²) in [5.74, 6) is 0. The van der Waals surface area contributed by atoms with Gasteiger partial charge in [-0.25, -0.2) is 4.98 Å². The first-order valence-electron chi connectivity index (χ1n) is 7.17. The van der Waals surface area contributed by atoms with Crippen molar-refractivity contribution in [3.63, 3.8) is 0 Å². The number of aromatic amines is 1. The molecule has 0 saturated carbocycles. The van der Waals surface area contributed by atoms with Crippen LogP contribution in [0.25, 0.3) is 0 Å². The summed E-state index contributed by atoms with van der Waals surface area (Å²) < 4.78 is 0. The number of aryl methyl sites for hydroxylation is 1. The number of hydrogen-bond acceptors (Lipinski definition) is 2. The molecule has 1 heterocycles. The molecular weight excluding hydrogens is 258 g/mol. The highest BCUT2D eigenvalue weighted by Crippen LogP contribution is 2.20. The molecule has 0 spiro atoms. The molecule has 106 valence electrons. The first-order valence-corrected chi connectivity index (χ1v) is 7.17. The Morgan fingerprint density at radius 2 is 1.76 bits per heavy atom. The zero-order valence-corrected chi connectivity index (χ0v) is 12.1. The van der Waals surface area contributed by atoms with Crippen molar-refractivity contribution in [2.75, 3.05) is 5.32 Å². The molecule has 0 fully saturated rings. The number of imidazole rings is 1. The number of anilines is 1. The average molecular weight is 277 g/mol. The molecule has 3 heteroatoms. The maximum atomic E-state index is 4.33. The lowest BCUT2D eigenvalue weighted by atomic mass is 10.0. The van der Waals surface area contributed by atoms with E-state index in [1.807, 2.05) is 13.0 Å². The van der Waals surface area contributed by atoms with Crippen LogP contribution in [-0.2, 0) is 13.0 Å². The fourth-order valence-electron chi connectivity index (χ4n) is 2.41. The van der Waals surface area contributed by atoms with Crippen LogP contribution < -0.4 is 5.32 Å². The van der Waals surface area contributed by atoms with Gasteiger partial charge in [0.25, 0.3) is 0 Å². The Balaban J connectivity index is 1.75. The zero-order chi connectivity index (χ0) is 14.5. The molecule has 0 radical (unpaired) electrons. The van der Waals surface area contributed by atoms with Gasteiger partial charge in [-0.3, -0.25) is 0 Å². The summed E-state index contributed by atoms with van der Waals surface area (Å²) in [5, 5.41) is 3.49. The molecule has 0 aliphatic carbocycles. The Kier molecular flexibility index (Phi) is 4.01. The Morgan fingerprint density at radius 1 is 1.00 bits per heavy atom. The maximum Gasteiger partial charge on any atom is 0.0925 e. The number of aromatic nitrogens is 2. The summed E-state index contributed by atoms with van der Waals surface area (Å²) in [6.45, 7) is 2.78. The van der Waals surface area contributed by atoms with Crippen molar-refractivity contribution < 1.29 is 0 Å². The Labute approximate surface area is 125 Å². The number of para-hydroxylation sites is 1. The minimum atomic E-state index is 0.737. The summed E-state index contributed by atoms with van der Waals surface area (Å²) in [7, 11) is 0. The van der Waals surface area contributed by atoms with E-state index in [9.17, 15) is 0 Å². The number of benzene rings is 2. The fourth-order valence-corrected chi connectivity index (χ4v) is 2.41. The van der Waals surface area contributed by atoms with Crippen LogP contribution in [-0.4, -0.2) is 9.97 Å². The summed E-state index contributed by atoms with van der Waals surface area (Å²) in [6.07, 6.45) is 2.67. The lowest BCUT2D eigenvalue weighted by Crippen LogP contribution is -2.04. The average Bonchev–Trinajstić information content (AvgIpc) is 2.93. The van der Waals surface area contributed by atoms with Gasteiger partial charge in [-0.2, -0.15) is 0 Å². The standard InChI is InChI=1S/C18H19N3/c1-14-18(21-13-20-14)12-19-17-10-6-5-9-16(17)11-15-7-3-2-4-8-15/h2-10,13,19H,11-12H2,1H3,(H,20,21). The third-order valence-electron chi connectivity index (χ3n) is 3.64. The van der Waals surface area contributed by atoms with Crippen molar-refractivity contribution in [1.82, 2.24) is 9.97 Å². The van der Waals surface area contributed by atoms with E-state index in [4.69, 9.17) is 0 Å². The number of H-pyrrole nitrogens is 1. The molecule has 1 aromatic heterocycles. The van der Waals surface area contributed by atoms with Crippen molar-refractivity contribution >= 4 is 5.69 Å². The van der Waals surface area contributed by atoms with E-state index in [2.05, 4.69) is 63.8 Å². The first kappa shape index (κ1) is 13.4. The predicted octanol–water partition coefficient (Wildman–Crippen LogP) is 3.92. The molecular formula is C18H19N3. The van der Waals surface area contributed by atoms with Crippen LogP contribution in [0, 0.1) is 6.92 Å². The van der Waals surface area contributed by atoms with Crippen LogP contribution >= 0.6 is 0 Å². The van der Waals surface area contributed by atoms with E-state index in [1.54, 1.807) is 6.33 Å². The SMILES string of the molecule is Cc1[nH]cnc1CNc1ccccc1Cc1ccccc1. The molecule has 0 atom stereocenters. The number of nitrogens with zero attached hydrogens (tertiary/aromatic N) is 1. The van der Waals surface area contributed by atoms with Crippen molar-refractivity contribution in [3.05, 3.63) is 83.4 Å². The van der Waals surface area contributed by atoms with E-state index in [0.29, 0.717) is 0 Å². The number of rotatable bonds is 5. The summed E-state index contributed by atoms with van der Waals surface area (Å²) >= 11 is 0. The van der Waals surface area contributed by atoms with Crippen LogP contribution in [0.2, 0.25) is 0 Å². The van der Waals surface area contributed by atoms with Crippen LogP contribution in [0.15, 0.2) is 60.9 Å². The van der Waals surface area contributed by atoms with Crippen LogP contribution in [0.5, 0.6) is 0 Å². The smallest absolute Gasteiger partial charge is 0.0925 e. The van der Waals surface area contributed by atoms with Gasteiger partial charge in [-0.05, 0) is 30.5 Å². The van der Waals surface area contributed by atoms with E-state index in [0.717, 1.165) is 24.4 Å². The molecule has 0 saturated heterocycles. The normalized spacial score (nSPS) is 10.5. The Bertz CT molecular complexity index is 701. The third kappa shape index (κ3) is 3.31. The highest BCUT2D eigenvalue weighted by atomic mass is 14.9. The predicted molar refractivity (Wildman–Crippen MR) is 86.3 cm³/mol. The van der Waals surface area contributed by atoms with Crippen LogP contribution in [0.4, 0.5) is 5.69 Å². The van der Waals surface area contributed by atoms with Gasteiger partial charge in [-0.15, -0.1) is 0 Å². The lowest BCUT2D eigenvalue weighted by Gasteiger charge is -2.11. The molecule has 0 aliphatic heterocycles. The molecule has 3 nitrogen and oxygen atoms in total. The lowest BCUT2D eigenvalue weighted by molar-refractivity contribution is 1.04. The summed E-state index contributed by atoms with van der Waals surface area (Å²) in [6, 6.07) is 19.0. The second-order valence-corrected chi connectivity index (χ2v) is 5.15. The third-order valence-corrected chi connectivity index (χ3v) is 3.64. The summed E-state index contributed by atoms with van der Waals surface area (Å²) in [4.78, 5) is 7.43. The van der Waals surface area contributed by atoms with Crippen molar-refractivity contribution in [1.29, 1.82) is 0 Å². The first-order chi connectivity index (χ1) is 10.3. The molecule has 0 bridgehead atoms. The second kappa shape index (κ2) is 6.27. The molecule has 2 aromatic carbocycles. The zero-order valence-electron chi connectivity index (χ0n) is 12.1. The van der Waals surface area contributed by atoms with Crippen molar-refractivity contribution in [2.45, 2.75) is 19.9 Å². The minimum absolute atomic E-state index is 0.737. The van der Waals surface area contributed by atoms with Gasteiger partial charge in [-0.1, -0.05) is 48.5 Å². The molecule has 0 aliphatic rings. The number of hydrogen-bond donors (Lipinski definition) is 2. The van der Waals surface area contributed by atoms with E-state index in [-0.39, 0.29) is 0 Å². The number of nitrogens with one attached hydrogen (secondary N) is 2. The summed E-state index contributed by atoms with van der Waals surface area (Å²) in [5.41, 5.74) is 5.97. The van der Waals surface area contributed by atoms with Crippen LogP contribution in [0.3, 0.4) is 0 Å². The topological polar surface area (TPSA) is 40.7 Å². The Hall–Kier alpha value is -2.55. The van der Waals surface area contributed by atoms with Crippen molar-refractivity contribution in [2.24, 2.45) is 0 Å². The minimum Gasteiger partial charge on any atom is -0.379 e. The van der Waals surface area contributed by atoms with Gasteiger partial charge in [0, 0.05) is 11.4 Å². The van der Waals surface area contributed by atoms with Gasteiger partial charge in [0.2, 0.25) is 0 Å². The second-order valence-electron chi connectivity index (χ2n) is 5.15. The molecule has 0 amide bonds. The van der Waals surface area contributed by atoms with Gasteiger partial charge >= 0.3 is 0 Å². The molecule has 2 N–H and O–H groups in total. The van der Waals surface area contributed by atoms with Crippen LogP contribution in [0.1, 0.15) is 22.5 Å². The monoisotopic (exact) mass is 277 g/mol.